The molecule has 2 aliphatic heterocycles. The summed E-state index contributed by atoms with van der Waals surface area (Å²) in [5.74, 6) is 0.666. The molecule has 0 amide bonds. The highest BCUT2D eigenvalue weighted by molar-refractivity contribution is 5.54. The van der Waals surface area contributed by atoms with Gasteiger partial charge in [-0.25, -0.2) is 9.67 Å². The van der Waals surface area contributed by atoms with E-state index in [1.807, 2.05) is 6.07 Å². The summed E-state index contributed by atoms with van der Waals surface area (Å²) in [6.45, 7) is 4.30. The molecule has 152 valence electrons. The molecular weight excluding hydrogens is 368 g/mol. The van der Waals surface area contributed by atoms with Crippen molar-refractivity contribution in [2.24, 2.45) is 0 Å². The lowest BCUT2D eigenvalue weighted by Gasteiger charge is -2.36. The molecule has 29 heavy (non-hydrogen) atoms. The Morgan fingerprint density at radius 2 is 2.28 bits per heavy atom. The average molecular weight is 394 g/mol. The molecule has 0 radical (unpaired) electrons. The van der Waals surface area contributed by atoms with Gasteiger partial charge in [0, 0.05) is 43.4 Å². The minimum atomic E-state index is -0.0694. The number of likely N-dealkylation sites (tertiary alicyclic amines) is 1. The van der Waals surface area contributed by atoms with Crippen LogP contribution in [0.1, 0.15) is 36.1 Å². The van der Waals surface area contributed by atoms with Crippen LogP contribution in [0.25, 0.3) is 0 Å². The molecule has 4 heterocycles. The summed E-state index contributed by atoms with van der Waals surface area (Å²) >= 11 is 0. The first-order valence-electron chi connectivity index (χ1n) is 10.3. The van der Waals surface area contributed by atoms with E-state index in [0.717, 1.165) is 50.2 Å². The van der Waals surface area contributed by atoms with Gasteiger partial charge in [-0.1, -0.05) is 6.42 Å². The van der Waals surface area contributed by atoms with Gasteiger partial charge in [0.25, 0.3) is 5.56 Å². The second-order valence-corrected chi connectivity index (χ2v) is 7.56. The summed E-state index contributed by atoms with van der Waals surface area (Å²) in [6.07, 6.45) is 5.86. The lowest BCUT2D eigenvalue weighted by atomic mass is 10.0. The third kappa shape index (κ3) is 4.63. The van der Waals surface area contributed by atoms with E-state index in [-0.39, 0.29) is 5.56 Å². The molecular formula is C21H26N6O2. The Morgan fingerprint density at radius 1 is 1.34 bits per heavy atom. The number of nitrogens with one attached hydrogen (secondary N) is 1. The first-order valence-corrected chi connectivity index (χ1v) is 10.3. The second kappa shape index (κ2) is 9.16. The number of hydrogen-bond acceptors (Lipinski definition) is 7. The maximum absolute atomic E-state index is 11.9. The van der Waals surface area contributed by atoms with E-state index in [9.17, 15) is 10.1 Å². The Balaban J connectivity index is 1.42. The zero-order chi connectivity index (χ0) is 20.1. The number of piperidine rings is 1. The molecule has 0 saturated carbocycles. The molecule has 8 nitrogen and oxygen atoms in total. The van der Waals surface area contributed by atoms with Gasteiger partial charge in [-0.15, -0.1) is 0 Å². The van der Waals surface area contributed by atoms with Crippen molar-refractivity contribution >= 4 is 5.82 Å². The van der Waals surface area contributed by atoms with Gasteiger partial charge in [0.2, 0.25) is 0 Å². The number of hydrogen-bond donors (Lipinski definition) is 1. The third-order valence-electron chi connectivity index (χ3n) is 5.69. The van der Waals surface area contributed by atoms with E-state index < -0.39 is 0 Å². The molecule has 1 fully saturated rings. The minimum Gasteiger partial charge on any atom is -0.376 e. The van der Waals surface area contributed by atoms with Gasteiger partial charge in [0.05, 0.1) is 31.0 Å². The van der Waals surface area contributed by atoms with Crippen LogP contribution in [0.5, 0.6) is 0 Å². The molecule has 0 aliphatic carbocycles. The predicted molar refractivity (Wildman–Crippen MR) is 109 cm³/mol. The Bertz CT molecular complexity index is 951. The van der Waals surface area contributed by atoms with Crippen LogP contribution in [-0.4, -0.2) is 51.9 Å². The Morgan fingerprint density at radius 3 is 3.14 bits per heavy atom. The SMILES string of the molecule is N#Cc1cc2c(nc1NCC1CCCCN1CCn1ncccc1=O)CCOC2. The first-order chi connectivity index (χ1) is 14.2. The number of anilines is 1. The summed E-state index contributed by atoms with van der Waals surface area (Å²) in [6, 6.07) is 7.70. The van der Waals surface area contributed by atoms with Crippen LogP contribution in [0.3, 0.4) is 0 Å². The zero-order valence-corrected chi connectivity index (χ0v) is 16.5. The smallest absolute Gasteiger partial charge is 0.266 e. The van der Waals surface area contributed by atoms with Gasteiger partial charge in [0.15, 0.2) is 0 Å². The van der Waals surface area contributed by atoms with Crippen LogP contribution in [0.15, 0.2) is 29.2 Å². The fraction of sp³-hybridized carbons (Fsp3) is 0.524. The van der Waals surface area contributed by atoms with Gasteiger partial charge < -0.3 is 10.1 Å². The van der Waals surface area contributed by atoms with Gasteiger partial charge >= 0.3 is 0 Å². The van der Waals surface area contributed by atoms with Crippen molar-refractivity contribution < 1.29 is 4.74 Å². The molecule has 0 spiro atoms. The van der Waals surface area contributed by atoms with Gasteiger partial charge in [0.1, 0.15) is 11.9 Å². The number of fused-ring (bicyclic) bond motifs is 1. The van der Waals surface area contributed by atoms with Crippen molar-refractivity contribution in [1.29, 1.82) is 5.26 Å². The molecule has 0 bridgehead atoms. The average Bonchev–Trinajstić information content (AvgIpc) is 2.77. The Kier molecular flexibility index (Phi) is 6.17. The number of nitriles is 1. The maximum Gasteiger partial charge on any atom is 0.266 e. The van der Waals surface area contributed by atoms with Crippen molar-refractivity contribution in [2.75, 3.05) is 31.6 Å². The number of aromatic nitrogens is 3. The molecule has 2 aromatic rings. The summed E-state index contributed by atoms with van der Waals surface area (Å²) in [7, 11) is 0. The molecule has 2 aromatic heterocycles. The van der Waals surface area contributed by atoms with Gasteiger partial charge in [-0.3, -0.25) is 9.69 Å². The molecule has 1 N–H and O–H groups in total. The number of nitrogens with zero attached hydrogens (tertiary/aromatic N) is 5. The van der Waals surface area contributed by atoms with Crippen LogP contribution in [0.4, 0.5) is 5.82 Å². The minimum absolute atomic E-state index is 0.0694. The van der Waals surface area contributed by atoms with E-state index in [1.165, 1.54) is 11.1 Å². The topological polar surface area (TPSA) is 96.1 Å². The lowest BCUT2D eigenvalue weighted by Crippen LogP contribution is -2.45. The first kappa shape index (κ1) is 19.6. The monoisotopic (exact) mass is 394 g/mol. The highest BCUT2D eigenvalue weighted by Gasteiger charge is 2.23. The molecule has 8 heteroatoms. The van der Waals surface area contributed by atoms with E-state index in [1.54, 1.807) is 18.3 Å². The van der Waals surface area contributed by atoms with E-state index >= 15 is 0 Å². The largest absolute Gasteiger partial charge is 0.376 e. The van der Waals surface area contributed by atoms with Crippen LogP contribution >= 0.6 is 0 Å². The highest BCUT2D eigenvalue weighted by atomic mass is 16.5. The predicted octanol–water partition coefficient (Wildman–Crippen LogP) is 1.55. The highest BCUT2D eigenvalue weighted by Crippen LogP contribution is 2.23. The standard InChI is InChI=1S/C21H26N6O2/c22-13-16-12-17-15-29-11-6-19(17)25-21(16)23-14-18-4-1-2-8-26(18)9-10-27-20(28)5-3-7-24-27/h3,5,7,12,18H,1-2,4,6,8-11,14-15H2,(H,23,25). The maximum atomic E-state index is 11.9. The third-order valence-corrected chi connectivity index (χ3v) is 5.69. The van der Waals surface area contributed by atoms with Crippen molar-refractivity contribution in [3.05, 3.63) is 51.6 Å². The molecule has 4 rings (SSSR count). The summed E-state index contributed by atoms with van der Waals surface area (Å²) in [4.78, 5) is 19.0. The van der Waals surface area contributed by atoms with Gasteiger partial charge in [-0.2, -0.15) is 10.4 Å². The summed E-state index contributed by atoms with van der Waals surface area (Å²) < 4.78 is 6.98. The number of rotatable bonds is 6. The van der Waals surface area contributed by atoms with Crippen LogP contribution in [0.2, 0.25) is 0 Å². The Labute approximate surface area is 170 Å². The second-order valence-electron chi connectivity index (χ2n) is 7.56. The van der Waals surface area contributed by atoms with Crippen molar-refractivity contribution in [2.45, 2.75) is 44.9 Å². The van der Waals surface area contributed by atoms with Crippen molar-refractivity contribution in [3.8, 4) is 6.07 Å². The van der Waals surface area contributed by atoms with Crippen LogP contribution < -0.4 is 10.9 Å². The van der Waals surface area contributed by atoms with Crippen LogP contribution in [-0.2, 0) is 24.3 Å². The van der Waals surface area contributed by atoms with Gasteiger partial charge in [-0.05, 0) is 31.5 Å². The summed E-state index contributed by atoms with van der Waals surface area (Å²) in [5.41, 5.74) is 2.53. The molecule has 1 atom stereocenters. The van der Waals surface area contributed by atoms with Crippen molar-refractivity contribution in [1.82, 2.24) is 19.7 Å². The zero-order valence-electron chi connectivity index (χ0n) is 16.5. The molecule has 1 saturated heterocycles. The quantitative estimate of drug-likeness (QED) is 0.794. The lowest BCUT2D eigenvalue weighted by molar-refractivity contribution is 0.109. The fourth-order valence-corrected chi connectivity index (χ4v) is 4.08. The molecule has 1 unspecified atom stereocenters. The Hall–Kier alpha value is -2.76. The molecule has 2 aliphatic rings. The number of ether oxygens (including phenoxy) is 1. The summed E-state index contributed by atoms with van der Waals surface area (Å²) in [5, 5.41) is 17.1. The number of pyridine rings is 1. The molecule has 0 aromatic carbocycles. The normalized spacial score (nSPS) is 19.3. The van der Waals surface area contributed by atoms with Crippen LogP contribution in [0, 0.1) is 11.3 Å². The van der Waals surface area contributed by atoms with E-state index in [0.29, 0.717) is 37.2 Å². The van der Waals surface area contributed by atoms with E-state index in [4.69, 9.17) is 9.72 Å². The van der Waals surface area contributed by atoms with E-state index in [2.05, 4.69) is 21.4 Å². The van der Waals surface area contributed by atoms with Crippen molar-refractivity contribution in [3.63, 3.8) is 0 Å². The fourth-order valence-electron chi connectivity index (χ4n) is 4.08.